The number of aryl methyl sites for hydroxylation is 2. The van der Waals surface area contributed by atoms with E-state index in [0.29, 0.717) is 17.7 Å². The van der Waals surface area contributed by atoms with E-state index in [2.05, 4.69) is 4.98 Å². The van der Waals surface area contributed by atoms with Crippen LogP contribution in [0.5, 0.6) is 17.2 Å². The molecule has 0 saturated heterocycles. The van der Waals surface area contributed by atoms with Crippen molar-refractivity contribution in [1.29, 1.82) is 0 Å². The summed E-state index contributed by atoms with van der Waals surface area (Å²) in [6.07, 6.45) is 3.42. The van der Waals surface area contributed by atoms with Gasteiger partial charge in [-0.1, -0.05) is 12.1 Å². The Balaban J connectivity index is 2.02. The van der Waals surface area contributed by atoms with Crippen LogP contribution in [-0.2, 0) is 22.5 Å². The van der Waals surface area contributed by atoms with Crippen LogP contribution in [0.25, 0.3) is 0 Å². The molecule has 8 nitrogen and oxygen atoms in total. The van der Waals surface area contributed by atoms with Crippen LogP contribution in [0.15, 0.2) is 53.6 Å². The molecule has 0 bridgehead atoms. The largest absolute Gasteiger partial charge is 0.507 e. The van der Waals surface area contributed by atoms with Crippen molar-refractivity contribution >= 4 is 5.97 Å². The molecule has 0 aliphatic heterocycles. The lowest BCUT2D eigenvalue weighted by molar-refractivity contribution is -0.140. The van der Waals surface area contributed by atoms with Crippen molar-refractivity contribution in [2.75, 3.05) is 7.11 Å². The number of esters is 1. The van der Waals surface area contributed by atoms with Gasteiger partial charge in [0.2, 0.25) is 0 Å². The van der Waals surface area contributed by atoms with E-state index in [-0.39, 0.29) is 35.8 Å². The molecule has 0 spiro atoms. The zero-order chi connectivity index (χ0) is 22.5. The number of pyridine rings is 2. The number of methoxy groups -OCH3 is 1. The lowest BCUT2D eigenvalue weighted by Gasteiger charge is -2.20. The topological polar surface area (TPSA) is 122 Å². The highest BCUT2D eigenvalue weighted by molar-refractivity contribution is 5.71. The Kier molecular flexibility index (Phi) is 6.59. The number of aromatic nitrogens is 2. The van der Waals surface area contributed by atoms with E-state index in [9.17, 15) is 24.9 Å². The quantitative estimate of drug-likeness (QED) is 0.394. The van der Waals surface area contributed by atoms with Crippen molar-refractivity contribution in [3.05, 3.63) is 81.5 Å². The second-order valence-corrected chi connectivity index (χ2v) is 7.23. The number of aromatic hydroxyl groups is 3. The Bertz CT molecular complexity index is 1140. The van der Waals surface area contributed by atoms with Crippen molar-refractivity contribution in [3.8, 4) is 17.2 Å². The predicted molar refractivity (Wildman–Crippen MR) is 113 cm³/mol. The highest BCUT2D eigenvalue weighted by atomic mass is 16.5. The maximum atomic E-state index is 13.4. The Hall–Kier alpha value is -3.81. The first kappa shape index (κ1) is 21.9. The molecule has 162 valence electrons. The highest BCUT2D eigenvalue weighted by Gasteiger charge is 2.26. The van der Waals surface area contributed by atoms with Gasteiger partial charge in [0.15, 0.2) is 11.5 Å². The third kappa shape index (κ3) is 4.85. The van der Waals surface area contributed by atoms with Gasteiger partial charge in [0, 0.05) is 30.6 Å². The van der Waals surface area contributed by atoms with Gasteiger partial charge in [-0.05, 0) is 48.7 Å². The number of phenols is 2. The fourth-order valence-corrected chi connectivity index (χ4v) is 3.56. The normalized spacial score (nSPS) is 11.8. The van der Waals surface area contributed by atoms with Crippen molar-refractivity contribution in [2.24, 2.45) is 0 Å². The van der Waals surface area contributed by atoms with E-state index in [1.165, 1.54) is 29.9 Å². The summed E-state index contributed by atoms with van der Waals surface area (Å²) in [5, 5.41) is 29.8. The van der Waals surface area contributed by atoms with E-state index in [0.717, 1.165) is 5.56 Å². The molecule has 2 aromatic heterocycles. The van der Waals surface area contributed by atoms with Gasteiger partial charge in [-0.25, -0.2) is 0 Å². The van der Waals surface area contributed by atoms with Crippen LogP contribution in [0.3, 0.4) is 0 Å². The summed E-state index contributed by atoms with van der Waals surface area (Å²) in [5.41, 5.74) is 1.57. The van der Waals surface area contributed by atoms with Crippen LogP contribution in [0.2, 0.25) is 0 Å². The molecule has 1 aromatic carbocycles. The van der Waals surface area contributed by atoms with Gasteiger partial charge in [-0.15, -0.1) is 0 Å². The molecule has 0 amide bonds. The Morgan fingerprint density at radius 2 is 1.90 bits per heavy atom. The molecule has 0 aliphatic carbocycles. The van der Waals surface area contributed by atoms with Crippen LogP contribution >= 0.6 is 0 Å². The maximum absolute atomic E-state index is 13.4. The lowest BCUT2D eigenvalue weighted by atomic mass is 9.89. The van der Waals surface area contributed by atoms with Gasteiger partial charge < -0.3 is 24.6 Å². The average Bonchev–Trinajstić information content (AvgIpc) is 2.75. The number of carbonyl (C=O) groups excluding carboxylic acids is 1. The molecule has 2 heterocycles. The summed E-state index contributed by atoms with van der Waals surface area (Å²) in [4.78, 5) is 29.5. The molecule has 3 rings (SSSR count). The fourth-order valence-electron chi connectivity index (χ4n) is 3.56. The first-order valence-corrected chi connectivity index (χ1v) is 9.72. The van der Waals surface area contributed by atoms with Gasteiger partial charge in [0.1, 0.15) is 5.75 Å². The molecule has 3 N–H and O–H groups in total. The Morgan fingerprint density at radius 1 is 1.13 bits per heavy atom. The van der Waals surface area contributed by atoms with Crippen molar-refractivity contribution in [1.82, 2.24) is 9.55 Å². The van der Waals surface area contributed by atoms with Crippen LogP contribution in [-0.4, -0.2) is 37.9 Å². The number of hydrogen-bond donors (Lipinski definition) is 3. The zero-order valence-electron chi connectivity index (χ0n) is 17.3. The van der Waals surface area contributed by atoms with Gasteiger partial charge in [-0.2, -0.15) is 0 Å². The van der Waals surface area contributed by atoms with Crippen molar-refractivity contribution in [2.45, 2.75) is 32.2 Å². The minimum absolute atomic E-state index is 0.0950. The standard InChI is InChI=1S/C23H24N2O6/c1-14-10-20(28)22(17(12-21(29)31-2)16-4-3-8-24-13-16)23(30)25(14)9-7-15-5-6-18(26)19(27)11-15/h3-6,8,10-11,13,17,26-28H,7,9,12H2,1-2H3. The molecule has 0 radical (unpaired) electrons. The Labute approximate surface area is 179 Å². The van der Waals surface area contributed by atoms with E-state index in [1.807, 2.05) is 0 Å². The first-order valence-electron chi connectivity index (χ1n) is 9.72. The predicted octanol–water partition coefficient (Wildman–Crippen LogP) is 2.61. The highest BCUT2D eigenvalue weighted by Crippen LogP contribution is 2.32. The number of hydrogen-bond acceptors (Lipinski definition) is 7. The summed E-state index contributed by atoms with van der Waals surface area (Å²) >= 11 is 0. The maximum Gasteiger partial charge on any atom is 0.306 e. The fraction of sp³-hybridized carbons (Fsp3) is 0.261. The minimum atomic E-state index is -0.724. The van der Waals surface area contributed by atoms with E-state index in [1.54, 1.807) is 37.5 Å². The number of carbonyl (C=O) groups is 1. The number of benzene rings is 1. The number of phenolic OH excluding ortho intramolecular Hbond substituents is 2. The first-order chi connectivity index (χ1) is 14.8. The number of ether oxygens (including phenoxy) is 1. The smallest absolute Gasteiger partial charge is 0.306 e. The monoisotopic (exact) mass is 424 g/mol. The number of nitrogens with zero attached hydrogens (tertiary/aromatic N) is 2. The van der Waals surface area contributed by atoms with E-state index < -0.39 is 17.4 Å². The van der Waals surface area contributed by atoms with Crippen LogP contribution in [0.1, 0.15) is 34.7 Å². The number of rotatable bonds is 7. The summed E-state index contributed by atoms with van der Waals surface area (Å²) in [7, 11) is 1.27. The zero-order valence-corrected chi connectivity index (χ0v) is 17.3. The van der Waals surface area contributed by atoms with Crippen LogP contribution < -0.4 is 5.56 Å². The van der Waals surface area contributed by atoms with Gasteiger partial charge in [-0.3, -0.25) is 14.6 Å². The lowest BCUT2D eigenvalue weighted by Crippen LogP contribution is -2.29. The average molecular weight is 424 g/mol. The molecule has 0 aliphatic rings. The summed E-state index contributed by atoms with van der Waals surface area (Å²) in [6, 6.07) is 9.41. The SMILES string of the molecule is COC(=O)CC(c1cccnc1)c1c(O)cc(C)n(CCc2ccc(O)c(O)c2)c1=O. The summed E-state index contributed by atoms with van der Waals surface area (Å²) in [6.45, 7) is 1.98. The molecule has 31 heavy (non-hydrogen) atoms. The molecule has 1 atom stereocenters. The molecular weight excluding hydrogens is 400 g/mol. The van der Waals surface area contributed by atoms with Crippen LogP contribution in [0.4, 0.5) is 0 Å². The molecular formula is C23H24N2O6. The van der Waals surface area contributed by atoms with E-state index in [4.69, 9.17) is 4.74 Å². The molecule has 0 saturated carbocycles. The van der Waals surface area contributed by atoms with Crippen LogP contribution in [0, 0.1) is 6.92 Å². The van der Waals surface area contributed by atoms with Crippen molar-refractivity contribution in [3.63, 3.8) is 0 Å². The minimum Gasteiger partial charge on any atom is -0.507 e. The summed E-state index contributed by atoms with van der Waals surface area (Å²) in [5.74, 6) is -1.88. The van der Waals surface area contributed by atoms with Gasteiger partial charge >= 0.3 is 5.97 Å². The Morgan fingerprint density at radius 3 is 2.55 bits per heavy atom. The van der Waals surface area contributed by atoms with Gasteiger partial charge in [0.25, 0.3) is 5.56 Å². The molecule has 3 aromatic rings. The van der Waals surface area contributed by atoms with Crippen molar-refractivity contribution < 1.29 is 24.9 Å². The third-order valence-corrected chi connectivity index (χ3v) is 5.22. The van der Waals surface area contributed by atoms with Gasteiger partial charge in [0.05, 0.1) is 19.1 Å². The third-order valence-electron chi connectivity index (χ3n) is 5.22. The van der Waals surface area contributed by atoms with E-state index >= 15 is 0 Å². The second kappa shape index (κ2) is 9.34. The molecule has 8 heteroatoms. The molecule has 0 fully saturated rings. The second-order valence-electron chi connectivity index (χ2n) is 7.23. The molecule has 1 unspecified atom stereocenters. The summed E-state index contributed by atoms with van der Waals surface area (Å²) < 4.78 is 6.30.